The SMILES string of the molecule is CNC(C)=O.[Rh]. The van der Waals surface area contributed by atoms with Gasteiger partial charge in [-0.25, -0.2) is 0 Å². The van der Waals surface area contributed by atoms with Crippen molar-refractivity contribution in [3.63, 3.8) is 0 Å². The molecule has 0 saturated heterocycles. The molecule has 0 aliphatic heterocycles. The van der Waals surface area contributed by atoms with E-state index in [0.717, 1.165) is 0 Å². The molecule has 0 aliphatic rings. The van der Waals surface area contributed by atoms with Crippen LogP contribution in [-0.4, -0.2) is 13.0 Å². The minimum absolute atomic E-state index is 0. The summed E-state index contributed by atoms with van der Waals surface area (Å²) in [7, 11) is 1.60. The molecular weight excluding hydrogens is 169 g/mol. The van der Waals surface area contributed by atoms with Crippen LogP contribution in [0.25, 0.3) is 0 Å². The molecule has 0 fully saturated rings. The van der Waals surface area contributed by atoms with Crippen molar-refractivity contribution < 1.29 is 24.3 Å². The van der Waals surface area contributed by atoms with Crippen LogP contribution in [0.2, 0.25) is 0 Å². The van der Waals surface area contributed by atoms with Gasteiger partial charge in [-0.05, 0) is 0 Å². The predicted octanol–water partition coefficient (Wildman–Crippen LogP) is -0.250. The maximum atomic E-state index is 9.70. The molecule has 0 heterocycles. The molecule has 0 rings (SSSR count). The Labute approximate surface area is 50.1 Å². The normalized spacial score (nSPS) is 5.67. The third-order valence-corrected chi connectivity index (χ3v) is 0.352. The van der Waals surface area contributed by atoms with Gasteiger partial charge in [0.15, 0.2) is 0 Å². The largest absolute Gasteiger partial charge is 0.359 e. The predicted molar refractivity (Wildman–Crippen MR) is 19.7 cm³/mol. The smallest absolute Gasteiger partial charge is 0.216 e. The van der Waals surface area contributed by atoms with Crippen molar-refractivity contribution in [1.29, 1.82) is 0 Å². The molecule has 0 bridgehead atoms. The molecule has 0 aliphatic carbocycles. The molecule has 0 atom stereocenters. The zero-order chi connectivity index (χ0) is 4.28. The zero-order valence-corrected chi connectivity index (χ0v) is 5.38. The fourth-order valence-electron chi connectivity index (χ4n) is 0. The number of hydrogen-bond acceptors (Lipinski definition) is 1. The van der Waals surface area contributed by atoms with Crippen LogP contribution in [0.4, 0.5) is 0 Å². The van der Waals surface area contributed by atoms with E-state index in [4.69, 9.17) is 0 Å². The Bertz CT molecular complexity index is 46.1. The average Bonchev–Trinajstić information content (AvgIpc) is 1.38. The van der Waals surface area contributed by atoms with Crippen molar-refractivity contribution in [2.24, 2.45) is 0 Å². The third kappa shape index (κ3) is 8.94. The summed E-state index contributed by atoms with van der Waals surface area (Å²) in [6.45, 7) is 1.47. The minimum atomic E-state index is 0. The number of amides is 1. The summed E-state index contributed by atoms with van der Waals surface area (Å²) in [6, 6.07) is 0. The summed E-state index contributed by atoms with van der Waals surface area (Å²) in [5.74, 6) is 0.00463. The molecule has 6 heavy (non-hydrogen) atoms. The molecule has 0 spiro atoms. The monoisotopic (exact) mass is 176 g/mol. The summed E-state index contributed by atoms with van der Waals surface area (Å²) in [6.07, 6.45) is 0. The first-order valence-electron chi connectivity index (χ1n) is 1.45. The standard InChI is InChI=1S/C3H7NO.Rh/c1-3(5)4-2;/h1-2H3,(H,4,5);. The Morgan fingerprint density at radius 1 is 1.67 bits per heavy atom. The van der Waals surface area contributed by atoms with Gasteiger partial charge in [-0.1, -0.05) is 0 Å². The zero-order valence-electron chi connectivity index (χ0n) is 3.74. The maximum Gasteiger partial charge on any atom is 0.216 e. The van der Waals surface area contributed by atoms with Gasteiger partial charge < -0.3 is 5.32 Å². The first kappa shape index (κ1) is 9.43. The van der Waals surface area contributed by atoms with Gasteiger partial charge in [0, 0.05) is 33.4 Å². The second kappa shape index (κ2) is 5.09. The summed E-state index contributed by atoms with van der Waals surface area (Å²) in [4.78, 5) is 9.70. The molecule has 0 saturated carbocycles. The minimum Gasteiger partial charge on any atom is -0.359 e. The van der Waals surface area contributed by atoms with E-state index in [9.17, 15) is 4.79 Å². The van der Waals surface area contributed by atoms with Crippen LogP contribution in [0.15, 0.2) is 0 Å². The summed E-state index contributed by atoms with van der Waals surface area (Å²) >= 11 is 0. The quantitative estimate of drug-likeness (QED) is 0.506. The number of carbonyl (C=O) groups excluding carboxylic acids is 1. The topological polar surface area (TPSA) is 29.1 Å². The molecule has 0 aromatic rings. The van der Waals surface area contributed by atoms with Gasteiger partial charge >= 0.3 is 0 Å². The second-order valence-corrected chi connectivity index (χ2v) is 0.806. The number of rotatable bonds is 0. The molecule has 1 N–H and O–H groups in total. The van der Waals surface area contributed by atoms with E-state index < -0.39 is 0 Å². The van der Waals surface area contributed by atoms with Crippen LogP contribution in [0.3, 0.4) is 0 Å². The third-order valence-electron chi connectivity index (χ3n) is 0.352. The van der Waals surface area contributed by atoms with E-state index in [2.05, 4.69) is 5.32 Å². The molecule has 0 aromatic carbocycles. The Hall–Kier alpha value is 0.0934. The average molecular weight is 176 g/mol. The second-order valence-electron chi connectivity index (χ2n) is 0.806. The van der Waals surface area contributed by atoms with E-state index in [-0.39, 0.29) is 25.4 Å². The van der Waals surface area contributed by atoms with Gasteiger partial charge in [0.1, 0.15) is 0 Å². The van der Waals surface area contributed by atoms with E-state index in [1.807, 2.05) is 0 Å². The molecule has 0 unspecified atom stereocenters. The van der Waals surface area contributed by atoms with Gasteiger partial charge in [0.25, 0.3) is 0 Å². The van der Waals surface area contributed by atoms with E-state index in [0.29, 0.717) is 0 Å². The van der Waals surface area contributed by atoms with Gasteiger partial charge in [-0.3, -0.25) is 4.79 Å². The molecule has 2 nitrogen and oxygen atoms in total. The van der Waals surface area contributed by atoms with Crippen molar-refractivity contribution in [2.45, 2.75) is 6.92 Å². The van der Waals surface area contributed by atoms with Crippen LogP contribution in [-0.2, 0) is 24.3 Å². The van der Waals surface area contributed by atoms with Crippen molar-refractivity contribution >= 4 is 5.91 Å². The maximum absolute atomic E-state index is 9.70. The van der Waals surface area contributed by atoms with Crippen LogP contribution in [0, 0.1) is 0 Å². The van der Waals surface area contributed by atoms with E-state index >= 15 is 0 Å². The molecule has 1 amide bonds. The Morgan fingerprint density at radius 3 is 1.83 bits per heavy atom. The van der Waals surface area contributed by atoms with Crippen LogP contribution >= 0.6 is 0 Å². The molecular formula is C3H7NORh. The Morgan fingerprint density at radius 2 is 1.83 bits per heavy atom. The number of hydrogen-bond donors (Lipinski definition) is 1. The van der Waals surface area contributed by atoms with E-state index in [1.54, 1.807) is 7.05 Å². The summed E-state index contributed by atoms with van der Waals surface area (Å²) in [5, 5.41) is 2.39. The first-order chi connectivity index (χ1) is 2.27. The summed E-state index contributed by atoms with van der Waals surface area (Å²) in [5.41, 5.74) is 0. The fourth-order valence-corrected chi connectivity index (χ4v) is 0. The van der Waals surface area contributed by atoms with Crippen molar-refractivity contribution in [2.75, 3.05) is 7.05 Å². The summed E-state index contributed by atoms with van der Waals surface area (Å²) < 4.78 is 0. The van der Waals surface area contributed by atoms with E-state index in [1.165, 1.54) is 6.92 Å². The molecule has 0 aromatic heterocycles. The van der Waals surface area contributed by atoms with Gasteiger partial charge in [0.05, 0.1) is 0 Å². The Kier molecular flexibility index (Phi) is 8.01. The van der Waals surface area contributed by atoms with Crippen molar-refractivity contribution in [3.05, 3.63) is 0 Å². The molecule has 1 radical (unpaired) electrons. The van der Waals surface area contributed by atoms with Crippen molar-refractivity contribution in [1.82, 2.24) is 5.32 Å². The Balaban J connectivity index is 0. The molecule has 3 heteroatoms. The van der Waals surface area contributed by atoms with Crippen LogP contribution < -0.4 is 5.32 Å². The number of carbonyl (C=O) groups is 1. The van der Waals surface area contributed by atoms with Gasteiger partial charge in [-0.15, -0.1) is 0 Å². The van der Waals surface area contributed by atoms with Gasteiger partial charge in [-0.2, -0.15) is 0 Å². The molecule has 39 valence electrons. The fraction of sp³-hybridized carbons (Fsp3) is 0.667. The van der Waals surface area contributed by atoms with Gasteiger partial charge in [0.2, 0.25) is 5.91 Å². The number of nitrogens with one attached hydrogen (secondary N) is 1. The first-order valence-corrected chi connectivity index (χ1v) is 1.45. The van der Waals surface area contributed by atoms with Crippen LogP contribution in [0.1, 0.15) is 6.92 Å². The van der Waals surface area contributed by atoms with Crippen molar-refractivity contribution in [3.8, 4) is 0 Å². The van der Waals surface area contributed by atoms with Crippen LogP contribution in [0.5, 0.6) is 0 Å².